The molecule has 1 aliphatic heterocycles. The molecule has 0 saturated carbocycles. The number of urea groups is 1. The first-order valence-electron chi connectivity index (χ1n) is 8.27. The van der Waals surface area contributed by atoms with Gasteiger partial charge in [-0.2, -0.15) is 0 Å². The number of carbonyl (C=O) groups is 4. The van der Waals surface area contributed by atoms with Crippen molar-refractivity contribution in [2.45, 2.75) is 39.7 Å². The van der Waals surface area contributed by atoms with Gasteiger partial charge in [-0.15, -0.1) is 0 Å². The summed E-state index contributed by atoms with van der Waals surface area (Å²) in [6, 6.07) is 5.08. The quantitative estimate of drug-likeness (QED) is 0.590. The zero-order valence-electron chi connectivity index (χ0n) is 15.3. The minimum Gasteiger partial charge on any atom is -0.456 e. The van der Waals surface area contributed by atoms with Crippen LogP contribution >= 0.6 is 0 Å². The molecule has 0 bridgehead atoms. The third kappa shape index (κ3) is 4.38. The summed E-state index contributed by atoms with van der Waals surface area (Å²) in [5.74, 6) is -1.51. The molecule has 1 aromatic rings. The Bertz CT molecular complexity index is 737. The van der Waals surface area contributed by atoms with Gasteiger partial charge in [0.25, 0.3) is 11.8 Å². The second-order valence-electron chi connectivity index (χ2n) is 6.74. The van der Waals surface area contributed by atoms with Gasteiger partial charge in [0.05, 0.1) is 6.42 Å². The largest absolute Gasteiger partial charge is 0.456 e. The molecule has 4 amide bonds. The van der Waals surface area contributed by atoms with Gasteiger partial charge in [0.1, 0.15) is 5.54 Å². The first-order chi connectivity index (χ1) is 12.1. The van der Waals surface area contributed by atoms with Gasteiger partial charge in [0, 0.05) is 12.2 Å². The van der Waals surface area contributed by atoms with Crippen LogP contribution in [-0.4, -0.2) is 47.4 Å². The van der Waals surface area contributed by atoms with Gasteiger partial charge in [0.15, 0.2) is 6.61 Å². The minimum atomic E-state index is -0.980. The highest BCUT2D eigenvalue weighted by Gasteiger charge is 2.44. The average Bonchev–Trinajstić information content (AvgIpc) is 2.75. The summed E-state index contributed by atoms with van der Waals surface area (Å²) in [7, 11) is 0. The van der Waals surface area contributed by atoms with E-state index in [9.17, 15) is 19.2 Å². The Hall–Kier alpha value is -2.90. The minimum absolute atomic E-state index is 0.0918. The number of ether oxygens (including phenoxy) is 1. The van der Waals surface area contributed by atoms with Crippen LogP contribution in [0.15, 0.2) is 18.2 Å². The third-order valence-electron chi connectivity index (χ3n) is 4.09. The Morgan fingerprint density at radius 1 is 1.19 bits per heavy atom. The van der Waals surface area contributed by atoms with E-state index in [1.807, 2.05) is 32.0 Å². The first kappa shape index (κ1) is 19.4. The highest BCUT2D eigenvalue weighted by molar-refractivity contribution is 6.06. The summed E-state index contributed by atoms with van der Waals surface area (Å²) >= 11 is 0. The Kier molecular flexibility index (Phi) is 5.64. The zero-order chi connectivity index (χ0) is 19.5. The maximum Gasteiger partial charge on any atom is 0.325 e. The third-order valence-corrected chi connectivity index (χ3v) is 4.09. The zero-order valence-corrected chi connectivity index (χ0v) is 15.3. The van der Waals surface area contributed by atoms with E-state index in [1.54, 1.807) is 13.8 Å². The summed E-state index contributed by atoms with van der Waals surface area (Å²) in [6.45, 7) is 6.39. The number of hydrogen-bond acceptors (Lipinski definition) is 5. The number of carbonyl (C=O) groups excluding carboxylic acids is 4. The van der Waals surface area contributed by atoms with Gasteiger partial charge in [-0.1, -0.05) is 18.2 Å². The maximum absolute atomic E-state index is 12.0. The monoisotopic (exact) mass is 361 g/mol. The predicted octanol–water partition coefficient (Wildman–Crippen LogP) is 1.51. The lowest BCUT2D eigenvalue weighted by molar-refractivity contribution is -0.147. The summed E-state index contributed by atoms with van der Waals surface area (Å²) in [4.78, 5) is 48.5. The van der Waals surface area contributed by atoms with Crippen LogP contribution in [0.5, 0.6) is 0 Å². The molecule has 1 aliphatic rings. The van der Waals surface area contributed by atoms with Crippen molar-refractivity contribution < 1.29 is 23.9 Å². The van der Waals surface area contributed by atoms with Gasteiger partial charge in [-0.05, 0) is 38.8 Å². The molecule has 0 unspecified atom stereocenters. The fourth-order valence-electron chi connectivity index (χ4n) is 2.63. The second kappa shape index (κ2) is 7.55. The molecule has 0 radical (unpaired) electrons. The molecule has 2 N–H and O–H groups in total. The van der Waals surface area contributed by atoms with Crippen molar-refractivity contribution in [2.24, 2.45) is 0 Å². The van der Waals surface area contributed by atoms with Crippen LogP contribution < -0.4 is 10.6 Å². The van der Waals surface area contributed by atoms with Crippen LogP contribution in [-0.2, 0) is 19.1 Å². The summed E-state index contributed by atoms with van der Waals surface area (Å²) in [5.41, 5.74) is 1.53. The Balaban J connectivity index is 1.79. The van der Waals surface area contributed by atoms with Gasteiger partial charge in [-0.3, -0.25) is 19.3 Å². The van der Waals surface area contributed by atoms with E-state index in [1.165, 1.54) is 0 Å². The SMILES string of the molecule is Cc1cccc(C)c1NC(=O)COC(=O)CCN1C(=O)NC(C)(C)C1=O. The van der Waals surface area contributed by atoms with Crippen LogP contribution in [0, 0.1) is 13.8 Å². The highest BCUT2D eigenvalue weighted by Crippen LogP contribution is 2.19. The van der Waals surface area contributed by atoms with E-state index < -0.39 is 36.0 Å². The van der Waals surface area contributed by atoms with Crippen LogP contribution in [0.4, 0.5) is 10.5 Å². The summed E-state index contributed by atoms with van der Waals surface area (Å²) < 4.78 is 4.92. The maximum atomic E-state index is 12.0. The number of anilines is 1. The second-order valence-corrected chi connectivity index (χ2v) is 6.74. The van der Waals surface area contributed by atoms with Crippen LogP contribution in [0.2, 0.25) is 0 Å². The fourth-order valence-corrected chi connectivity index (χ4v) is 2.63. The molecular formula is C18H23N3O5. The van der Waals surface area contributed by atoms with Crippen molar-refractivity contribution in [1.82, 2.24) is 10.2 Å². The number of nitrogens with one attached hydrogen (secondary N) is 2. The number of aryl methyl sites for hydroxylation is 2. The number of imide groups is 1. The van der Waals surface area contributed by atoms with Gasteiger partial charge in [-0.25, -0.2) is 4.79 Å². The summed E-state index contributed by atoms with van der Waals surface area (Å²) in [5, 5.41) is 5.24. The molecule has 140 valence electrons. The molecule has 1 aromatic carbocycles. The molecule has 8 heteroatoms. The van der Waals surface area contributed by atoms with Crippen molar-refractivity contribution in [3.05, 3.63) is 29.3 Å². The first-order valence-corrected chi connectivity index (χ1v) is 8.27. The molecule has 0 spiro atoms. The molecule has 1 fully saturated rings. The molecule has 1 heterocycles. The van der Waals surface area contributed by atoms with Crippen molar-refractivity contribution in [1.29, 1.82) is 0 Å². The number of esters is 1. The topological polar surface area (TPSA) is 105 Å². The van der Waals surface area contributed by atoms with Crippen LogP contribution in [0.25, 0.3) is 0 Å². The lowest BCUT2D eigenvalue weighted by Crippen LogP contribution is -2.40. The normalized spacial score (nSPS) is 15.6. The number of rotatable bonds is 6. The number of hydrogen-bond donors (Lipinski definition) is 2. The molecule has 2 rings (SSSR count). The molecular weight excluding hydrogens is 338 g/mol. The van der Waals surface area contributed by atoms with E-state index in [2.05, 4.69) is 10.6 Å². The Labute approximate surface area is 151 Å². The molecule has 0 atom stereocenters. The lowest BCUT2D eigenvalue weighted by Gasteiger charge is -2.15. The predicted molar refractivity (Wildman–Crippen MR) is 94.4 cm³/mol. The van der Waals surface area contributed by atoms with Gasteiger partial charge >= 0.3 is 12.0 Å². The van der Waals surface area contributed by atoms with E-state index in [-0.39, 0.29) is 13.0 Å². The van der Waals surface area contributed by atoms with E-state index in [0.717, 1.165) is 16.0 Å². The highest BCUT2D eigenvalue weighted by atomic mass is 16.5. The number of para-hydroxylation sites is 1. The molecule has 1 saturated heterocycles. The fraction of sp³-hybridized carbons (Fsp3) is 0.444. The molecule has 0 aromatic heterocycles. The van der Waals surface area contributed by atoms with Gasteiger partial charge < -0.3 is 15.4 Å². The smallest absolute Gasteiger partial charge is 0.325 e. The number of nitrogens with zero attached hydrogens (tertiary/aromatic N) is 1. The van der Waals surface area contributed by atoms with Crippen molar-refractivity contribution in [2.75, 3.05) is 18.5 Å². The molecule has 26 heavy (non-hydrogen) atoms. The number of amides is 4. The lowest BCUT2D eigenvalue weighted by atomic mass is 10.1. The number of benzene rings is 1. The standard InChI is InChI=1S/C18H23N3O5/c1-11-6-5-7-12(2)15(11)19-13(22)10-26-14(23)8-9-21-16(24)18(3,4)20-17(21)25/h5-7H,8-10H2,1-4H3,(H,19,22)(H,20,25). The molecule has 0 aliphatic carbocycles. The Morgan fingerprint density at radius 3 is 2.35 bits per heavy atom. The van der Waals surface area contributed by atoms with Crippen molar-refractivity contribution in [3.8, 4) is 0 Å². The van der Waals surface area contributed by atoms with Crippen LogP contribution in [0.1, 0.15) is 31.4 Å². The van der Waals surface area contributed by atoms with Gasteiger partial charge in [0.2, 0.25) is 0 Å². The average molecular weight is 361 g/mol. The Morgan fingerprint density at radius 2 is 1.81 bits per heavy atom. The summed E-state index contributed by atoms with van der Waals surface area (Å²) in [6.07, 6.45) is -0.175. The van der Waals surface area contributed by atoms with E-state index in [4.69, 9.17) is 4.74 Å². The molecule has 8 nitrogen and oxygen atoms in total. The van der Waals surface area contributed by atoms with E-state index >= 15 is 0 Å². The van der Waals surface area contributed by atoms with Crippen molar-refractivity contribution >= 4 is 29.5 Å². The van der Waals surface area contributed by atoms with E-state index in [0.29, 0.717) is 5.69 Å². The van der Waals surface area contributed by atoms with Crippen LogP contribution in [0.3, 0.4) is 0 Å². The van der Waals surface area contributed by atoms with Crippen molar-refractivity contribution in [3.63, 3.8) is 0 Å².